The summed E-state index contributed by atoms with van der Waals surface area (Å²) in [5.74, 6) is -0.884. The number of guanidine groups is 1. The molecule has 196 valence electrons. The molecule has 0 spiro atoms. The van der Waals surface area contributed by atoms with E-state index in [0.717, 1.165) is 11.1 Å². The lowest BCUT2D eigenvalue weighted by molar-refractivity contribution is 0.0974. The van der Waals surface area contributed by atoms with E-state index in [-0.39, 0.29) is 29.7 Å². The number of hydrogen-bond acceptors (Lipinski definition) is 5. The first-order valence-corrected chi connectivity index (χ1v) is 11.9. The highest BCUT2D eigenvalue weighted by atomic mass is 16.2. The maximum Gasteiger partial charge on any atom is 0.326 e. The predicted molar refractivity (Wildman–Crippen MR) is 147 cm³/mol. The minimum absolute atomic E-state index is 0.0436. The van der Waals surface area contributed by atoms with Gasteiger partial charge in [0.05, 0.1) is 6.54 Å². The number of carbonyl (C=O) groups excluding carboxylic acids is 3. The summed E-state index contributed by atoms with van der Waals surface area (Å²) in [4.78, 5) is 39.1. The van der Waals surface area contributed by atoms with Crippen LogP contribution in [0.3, 0.4) is 0 Å². The van der Waals surface area contributed by atoms with Crippen molar-refractivity contribution in [2.45, 2.75) is 39.7 Å². The number of nitrogens with zero attached hydrogens (tertiary/aromatic N) is 3. The highest BCUT2D eigenvalue weighted by molar-refractivity contribution is 6.05. The molecule has 0 aromatic heterocycles. The average molecular weight is 514 g/mol. The Kier molecular flexibility index (Phi) is 8.69. The van der Waals surface area contributed by atoms with Crippen molar-refractivity contribution >= 4 is 35.1 Å². The molecule has 0 atom stereocenters. The van der Waals surface area contributed by atoms with E-state index in [4.69, 9.17) is 11.3 Å². The van der Waals surface area contributed by atoms with Crippen LogP contribution in [0.1, 0.15) is 59.5 Å². The molecule has 5 N–H and O–H groups in total. The standard InChI is InChI=1S/C28H31N7O3/c1-18(36)21-6-5-7-23(16-21)31-27(38)35(24-14-12-22(13-15-24)28(2,3)4)17-19-8-10-20(11-9-19)25(37)32-26(29)33-34-30/h5-16H,17H2,1-4H3,(H,31,38)(H4,29,30,32,33,37). The number of nitrogens with one attached hydrogen (secondary N) is 3. The molecule has 3 rings (SSSR count). The van der Waals surface area contributed by atoms with Crippen LogP contribution in [0.5, 0.6) is 0 Å². The van der Waals surface area contributed by atoms with Gasteiger partial charge in [-0.3, -0.25) is 19.8 Å². The Labute approximate surface area is 221 Å². The summed E-state index contributed by atoms with van der Waals surface area (Å²) < 4.78 is 0. The van der Waals surface area contributed by atoms with E-state index >= 15 is 0 Å². The number of ketones is 1. The van der Waals surface area contributed by atoms with Crippen LogP contribution in [0.15, 0.2) is 83.1 Å². The van der Waals surface area contributed by atoms with Gasteiger partial charge in [0.15, 0.2) is 5.78 Å². The first kappa shape index (κ1) is 27.7. The third-order valence-corrected chi connectivity index (χ3v) is 5.77. The second-order valence-corrected chi connectivity index (χ2v) is 9.69. The van der Waals surface area contributed by atoms with Crippen molar-refractivity contribution in [1.29, 1.82) is 5.53 Å². The molecule has 0 saturated carbocycles. The lowest BCUT2D eigenvalue weighted by Gasteiger charge is -2.25. The number of nitrogens with two attached hydrogens (primary N) is 1. The summed E-state index contributed by atoms with van der Waals surface area (Å²) in [7, 11) is 0. The van der Waals surface area contributed by atoms with Crippen molar-refractivity contribution in [3.8, 4) is 0 Å². The molecule has 0 aliphatic rings. The van der Waals surface area contributed by atoms with Gasteiger partial charge in [0.2, 0.25) is 5.96 Å². The van der Waals surface area contributed by atoms with Crippen molar-refractivity contribution in [1.82, 2.24) is 5.32 Å². The van der Waals surface area contributed by atoms with Crippen LogP contribution in [-0.2, 0) is 12.0 Å². The molecule has 3 aromatic rings. The molecule has 0 radical (unpaired) electrons. The van der Waals surface area contributed by atoms with Crippen LogP contribution in [0, 0.1) is 5.53 Å². The van der Waals surface area contributed by atoms with Gasteiger partial charge in [-0.25, -0.2) is 4.79 Å². The number of carbonyl (C=O) groups is 3. The summed E-state index contributed by atoms with van der Waals surface area (Å²) in [5, 5.41) is 11.2. The Hall–Kier alpha value is -4.86. The predicted octanol–water partition coefficient (Wildman–Crippen LogP) is 5.42. The molecule has 0 heterocycles. The zero-order valence-corrected chi connectivity index (χ0v) is 21.8. The van der Waals surface area contributed by atoms with E-state index in [1.807, 2.05) is 24.3 Å². The fourth-order valence-electron chi connectivity index (χ4n) is 3.64. The monoisotopic (exact) mass is 513 g/mol. The molecule has 38 heavy (non-hydrogen) atoms. The Morgan fingerprint density at radius 3 is 2.18 bits per heavy atom. The van der Waals surface area contributed by atoms with Crippen molar-refractivity contribution < 1.29 is 14.4 Å². The third-order valence-electron chi connectivity index (χ3n) is 5.77. The Balaban J connectivity index is 1.87. The number of hydrogen-bond donors (Lipinski definition) is 4. The molecule has 0 aliphatic carbocycles. The molecule has 3 amide bonds. The molecule has 3 aromatic carbocycles. The number of anilines is 2. The molecule has 0 saturated heterocycles. The molecular formula is C28H31N7O3. The van der Waals surface area contributed by atoms with Gasteiger partial charge in [0.25, 0.3) is 5.91 Å². The lowest BCUT2D eigenvalue weighted by atomic mass is 9.87. The van der Waals surface area contributed by atoms with Crippen LogP contribution in [0.4, 0.5) is 16.2 Å². The highest BCUT2D eigenvalue weighted by Crippen LogP contribution is 2.26. The molecule has 0 bridgehead atoms. The third kappa shape index (κ3) is 7.33. The Bertz CT molecular complexity index is 1360. The molecule has 10 heteroatoms. The Morgan fingerprint density at radius 1 is 0.947 bits per heavy atom. The van der Waals surface area contributed by atoms with E-state index in [9.17, 15) is 14.4 Å². The van der Waals surface area contributed by atoms with Crippen LogP contribution in [0.25, 0.3) is 0 Å². The quantitative estimate of drug-likeness (QED) is 0.110. The number of amides is 3. The largest absolute Gasteiger partial charge is 0.368 e. The second kappa shape index (κ2) is 11.9. The number of urea groups is 1. The van der Waals surface area contributed by atoms with Gasteiger partial charge in [-0.15, -0.1) is 0 Å². The highest BCUT2D eigenvalue weighted by Gasteiger charge is 2.19. The van der Waals surface area contributed by atoms with Gasteiger partial charge in [-0.05, 0) is 65.1 Å². The van der Waals surface area contributed by atoms with Gasteiger partial charge >= 0.3 is 6.03 Å². The number of benzene rings is 3. The topological polar surface area (TPSA) is 153 Å². The smallest absolute Gasteiger partial charge is 0.326 e. The maximum absolute atomic E-state index is 13.5. The maximum atomic E-state index is 13.5. The van der Waals surface area contributed by atoms with Crippen LogP contribution in [-0.4, -0.2) is 23.7 Å². The Morgan fingerprint density at radius 2 is 1.61 bits per heavy atom. The molecular weight excluding hydrogens is 482 g/mol. The van der Waals surface area contributed by atoms with Gasteiger partial charge in [-0.2, -0.15) is 5.53 Å². The van der Waals surface area contributed by atoms with Crippen molar-refractivity contribution in [3.05, 3.63) is 95.1 Å². The van der Waals surface area contributed by atoms with Crippen molar-refractivity contribution in [2.75, 3.05) is 10.2 Å². The number of Topliss-reactive ketones (excluding diaryl/α,β-unsaturated/α-hetero) is 1. The van der Waals surface area contributed by atoms with Crippen molar-refractivity contribution in [3.63, 3.8) is 0 Å². The van der Waals surface area contributed by atoms with E-state index in [1.165, 1.54) is 6.92 Å². The first-order valence-electron chi connectivity index (χ1n) is 11.9. The van der Waals surface area contributed by atoms with E-state index in [1.54, 1.807) is 53.4 Å². The van der Waals surface area contributed by atoms with Crippen LogP contribution < -0.4 is 21.3 Å². The summed E-state index contributed by atoms with van der Waals surface area (Å²) in [5.41, 5.74) is 16.0. The van der Waals surface area contributed by atoms with E-state index in [0.29, 0.717) is 22.5 Å². The molecule has 0 unspecified atom stereocenters. The second-order valence-electron chi connectivity index (χ2n) is 9.69. The van der Waals surface area contributed by atoms with Gasteiger partial charge in [0.1, 0.15) is 0 Å². The fraction of sp³-hybridized carbons (Fsp3) is 0.214. The van der Waals surface area contributed by atoms with Crippen molar-refractivity contribution in [2.24, 2.45) is 16.1 Å². The zero-order chi connectivity index (χ0) is 27.9. The summed E-state index contributed by atoms with van der Waals surface area (Å²) >= 11 is 0. The first-order chi connectivity index (χ1) is 18.0. The van der Waals surface area contributed by atoms with Gasteiger partial charge in [-0.1, -0.05) is 62.3 Å². The SMILES string of the molecule is CC(=O)c1cccc(NC(=O)N(Cc2ccc(C(=O)NC(N)=NN=N)cc2)c2ccc(C(C)(C)C)cc2)c1. The normalized spacial score (nSPS) is 11.4. The zero-order valence-electron chi connectivity index (χ0n) is 21.8. The van der Waals surface area contributed by atoms with E-state index in [2.05, 4.69) is 41.7 Å². The summed E-state index contributed by atoms with van der Waals surface area (Å²) in [6, 6.07) is 20.8. The van der Waals surface area contributed by atoms with Gasteiger partial charge in [0, 0.05) is 22.5 Å². The molecule has 0 aliphatic heterocycles. The van der Waals surface area contributed by atoms with Crippen LogP contribution in [0.2, 0.25) is 0 Å². The van der Waals surface area contributed by atoms with Gasteiger partial charge < -0.3 is 11.1 Å². The summed E-state index contributed by atoms with van der Waals surface area (Å²) in [6.45, 7) is 8.05. The average Bonchev–Trinajstić information content (AvgIpc) is 2.87. The van der Waals surface area contributed by atoms with E-state index < -0.39 is 5.91 Å². The lowest BCUT2D eigenvalue weighted by Crippen LogP contribution is -2.36. The minimum Gasteiger partial charge on any atom is -0.368 e. The van der Waals surface area contributed by atoms with Crippen LogP contribution >= 0.6 is 0 Å². The minimum atomic E-state index is -0.501. The summed E-state index contributed by atoms with van der Waals surface area (Å²) in [6.07, 6.45) is 0. The fourth-order valence-corrected chi connectivity index (χ4v) is 3.64. The molecule has 10 nitrogen and oxygen atoms in total. The number of rotatable bonds is 7. The molecule has 0 fully saturated rings.